The molecule has 2 aromatic rings. The highest BCUT2D eigenvalue weighted by Crippen LogP contribution is 2.34. The molecular formula is C13H11Cl2NO2. The molecule has 0 spiro atoms. The molecule has 0 fully saturated rings. The second-order valence-corrected chi connectivity index (χ2v) is 4.53. The molecule has 1 heterocycles. The largest absolute Gasteiger partial charge is 0.454 e. The number of halogens is 2. The molecule has 1 aromatic heterocycles. The number of aromatic nitrogens is 1. The van der Waals surface area contributed by atoms with Crippen molar-refractivity contribution in [2.45, 2.75) is 13.0 Å². The quantitative estimate of drug-likeness (QED) is 0.916. The molecule has 0 radical (unpaired) electrons. The summed E-state index contributed by atoms with van der Waals surface area (Å²) in [6, 6.07) is 8.56. The van der Waals surface area contributed by atoms with Crippen LogP contribution in [0.5, 0.6) is 11.5 Å². The summed E-state index contributed by atoms with van der Waals surface area (Å²) in [5.41, 5.74) is 0.583. The Balaban J connectivity index is 2.21. The minimum absolute atomic E-state index is 0.360. The van der Waals surface area contributed by atoms with E-state index >= 15 is 0 Å². The maximum Gasteiger partial charge on any atom is 0.147 e. The van der Waals surface area contributed by atoms with Gasteiger partial charge in [-0.2, -0.15) is 0 Å². The fraction of sp³-hybridized carbons (Fsp3) is 0.154. The predicted octanol–water partition coefficient (Wildman–Crippen LogP) is 4.23. The first-order valence-corrected chi connectivity index (χ1v) is 6.09. The first kappa shape index (κ1) is 13.1. The fourth-order valence-corrected chi connectivity index (χ4v) is 1.72. The standard InChI is InChI=1S/C13H11Cl2NO2/c1-8(17)11-6-5-9(7-16-11)18-12-4-2-3-10(14)13(12)15/h2-8,17H,1H3/t8-/m1/s1. The lowest BCUT2D eigenvalue weighted by atomic mass is 10.2. The average Bonchev–Trinajstić information content (AvgIpc) is 2.36. The van der Waals surface area contributed by atoms with Gasteiger partial charge in [0.1, 0.15) is 16.5 Å². The Hall–Kier alpha value is -1.29. The Morgan fingerprint density at radius 1 is 1.22 bits per heavy atom. The average molecular weight is 284 g/mol. The van der Waals surface area contributed by atoms with Crippen LogP contribution in [0, 0.1) is 0 Å². The second-order valence-electron chi connectivity index (χ2n) is 3.75. The van der Waals surface area contributed by atoms with E-state index in [1.165, 1.54) is 6.20 Å². The van der Waals surface area contributed by atoms with E-state index in [1.807, 2.05) is 0 Å². The third-order valence-corrected chi connectivity index (χ3v) is 3.13. The minimum atomic E-state index is -0.603. The Bertz CT molecular complexity index is 541. The lowest BCUT2D eigenvalue weighted by molar-refractivity contribution is 0.194. The summed E-state index contributed by atoms with van der Waals surface area (Å²) in [6.07, 6.45) is 0.924. The molecule has 0 amide bonds. The molecule has 0 bridgehead atoms. The number of ether oxygens (including phenoxy) is 1. The van der Waals surface area contributed by atoms with Gasteiger partial charge in [-0.15, -0.1) is 0 Å². The number of rotatable bonds is 3. The molecule has 0 unspecified atom stereocenters. The molecule has 18 heavy (non-hydrogen) atoms. The SMILES string of the molecule is C[C@@H](O)c1ccc(Oc2cccc(Cl)c2Cl)cn1. The van der Waals surface area contributed by atoms with E-state index in [9.17, 15) is 5.11 Å². The van der Waals surface area contributed by atoms with Crippen LogP contribution in [0.25, 0.3) is 0 Å². The maximum absolute atomic E-state index is 9.34. The van der Waals surface area contributed by atoms with Crippen molar-refractivity contribution in [3.8, 4) is 11.5 Å². The lowest BCUT2D eigenvalue weighted by Crippen LogP contribution is -1.95. The molecule has 0 aliphatic carbocycles. The monoisotopic (exact) mass is 283 g/mol. The minimum Gasteiger partial charge on any atom is -0.454 e. The van der Waals surface area contributed by atoms with Gasteiger partial charge in [-0.1, -0.05) is 29.3 Å². The van der Waals surface area contributed by atoms with Gasteiger partial charge in [-0.25, -0.2) is 0 Å². The number of pyridine rings is 1. The van der Waals surface area contributed by atoms with Gasteiger partial charge >= 0.3 is 0 Å². The van der Waals surface area contributed by atoms with Crippen molar-refractivity contribution in [2.24, 2.45) is 0 Å². The number of aliphatic hydroxyl groups is 1. The highest BCUT2D eigenvalue weighted by Gasteiger charge is 2.07. The smallest absolute Gasteiger partial charge is 0.147 e. The summed E-state index contributed by atoms with van der Waals surface area (Å²) >= 11 is 11.9. The molecule has 0 aliphatic heterocycles. The van der Waals surface area contributed by atoms with Crippen molar-refractivity contribution < 1.29 is 9.84 Å². The van der Waals surface area contributed by atoms with Gasteiger partial charge in [0.25, 0.3) is 0 Å². The molecular weight excluding hydrogens is 273 g/mol. The van der Waals surface area contributed by atoms with Crippen LogP contribution in [0.15, 0.2) is 36.5 Å². The zero-order chi connectivity index (χ0) is 13.1. The van der Waals surface area contributed by atoms with Gasteiger partial charge in [0, 0.05) is 0 Å². The van der Waals surface area contributed by atoms with Crippen LogP contribution >= 0.6 is 23.2 Å². The van der Waals surface area contributed by atoms with E-state index < -0.39 is 6.10 Å². The Kier molecular flexibility index (Phi) is 4.07. The first-order valence-electron chi connectivity index (χ1n) is 5.34. The lowest BCUT2D eigenvalue weighted by Gasteiger charge is -2.09. The summed E-state index contributed by atoms with van der Waals surface area (Å²) in [6.45, 7) is 1.65. The molecule has 2 rings (SSSR count). The van der Waals surface area contributed by atoms with E-state index in [1.54, 1.807) is 37.3 Å². The van der Waals surface area contributed by atoms with Crippen molar-refractivity contribution in [2.75, 3.05) is 0 Å². The summed E-state index contributed by atoms with van der Waals surface area (Å²) in [7, 11) is 0. The van der Waals surface area contributed by atoms with Crippen molar-refractivity contribution in [1.82, 2.24) is 4.98 Å². The summed E-state index contributed by atoms with van der Waals surface area (Å²) in [5, 5.41) is 10.1. The number of hydrogen-bond donors (Lipinski definition) is 1. The predicted molar refractivity (Wildman–Crippen MR) is 71.4 cm³/mol. The maximum atomic E-state index is 9.34. The first-order chi connectivity index (χ1) is 8.58. The van der Waals surface area contributed by atoms with Gasteiger partial charge in [0.05, 0.1) is 23.0 Å². The van der Waals surface area contributed by atoms with Crippen molar-refractivity contribution in [3.05, 3.63) is 52.3 Å². The van der Waals surface area contributed by atoms with Crippen molar-refractivity contribution >= 4 is 23.2 Å². The molecule has 1 N–H and O–H groups in total. The van der Waals surface area contributed by atoms with Crippen LogP contribution in [0.3, 0.4) is 0 Å². The van der Waals surface area contributed by atoms with Crippen LogP contribution in [0.1, 0.15) is 18.7 Å². The highest BCUT2D eigenvalue weighted by atomic mass is 35.5. The second kappa shape index (κ2) is 5.57. The third kappa shape index (κ3) is 2.93. The van der Waals surface area contributed by atoms with Crippen LogP contribution in [0.4, 0.5) is 0 Å². The Morgan fingerprint density at radius 3 is 2.61 bits per heavy atom. The van der Waals surface area contributed by atoms with Crippen LogP contribution < -0.4 is 4.74 Å². The zero-order valence-corrected chi connectivity index (χ0v) is 11.1. The molecule has 5 heteroatoms. The summed E-state index contributed by atoms with van der Waals surface area (Å²) in [5.74, 6) is 0.999. The van der Waals surface area contributed by atoms with E-state index in [2.05, 4.69) is 4.98 Å². The van der Waals surface area contributed by atoms with E-state index in [4.69, 9.17) is 27.9 Å². The van der Waals surface area contributed by atoms with Gasteiger partial charge in [-0.05, 0) is 31.2 Å². The van der Waals surface area contributed by atoms with E-state index in [0.29, 0.717) is 27.2 Å². The molecule has 3 nitrogen and oxygen atoms in total. The number of benzene rings is 1. The normalized spacial score (nSPS) is 12.2. The van der Waals surface area contributed by atoms with Gasteiger partial charge in [-0.3, -0.25) is 4.98 Å². The van der Waals surface area contributed by atoms with Crippen molar-refractivity contribution in [1.29, 1.82) is 0 Å². The van der Waals surface area contributed by atoms with Gasteiger partial charge in [0.2, 0.25) is 0 Å². The molecule has 94 valence electrons. The summed E-state index contributed by atoms with van der Waals surface area (Å²) < 4.78 is 5.56. The van der Waals surface area contributed by atoms with Crippen molar-refractivity contribution in [3.63, 3.8) is 0 Å². The Labute approximate surface area is 115 Å². The number of nitrogens with zero attached hydrogens (tertiary/aromatic N) is 1. The topological polar surface area (TPSA) is 42.4 Å². The molecule has 1 atom stereocenters. The fourth-order valence-electron chi connectivity index (χ4n) is 1.39. The van der Waals surface area contributed by atoms with Gasteiger partial charge in [0.15, 0.2) is 0 Å². The number of hydrogen-bond acceptors (Lipinski definition) is 3. The Morgan fingerprint density at radius 2 is 2.00 bits per heavy atom. The third-order valence-electron chi connectivity index (χ3n) is 2.33. The molecule has 0 aliphatic rings. The van der Waals surface area contributed by atoms with Crippen LogP contribution in [-0.4, -0.2) is 10.1 Å². The van der Waals surface area contributed by atoms with Gasteiger partial charge < -0.3 is 9.84 Å². The van der Waals surface area contributed by atoms with E-state index in [-0.39, 0.29) is 0 Å². The summed E-state index contributed by atoms with van der Waals surface area (Å²) in [4.78, 5) is 4.08. The molecule has 1 aromatic carbocycles. The number of aliphatic hydroxyl groups excluding tert-OH is 1. The zero-order valence-electron chi connectivity index (χ0n) is 9.60. The molecule has 0 saturated carbocycles. The van der Waals surface area contributed by atoms with E-state index in [0.717, 1.165) is 0 Å². The molecule has 0 saturated heterocycles. The highest BCUT2D eigenvalue weighted by molar-refractivity contribution is 6.42. The van der Waals surface area contributed by atoms with Crippen LogP contribution in [-0.2, 0) is 0 Å². The van der Waals surface area contributed by atoms with Crippen LogP contribution in [0.2, 0.25) is 10.0 Å².